The standard InChI is InChI=1S/C40H49N5O13S2/c1-22-23(2)35(51)33(24(3)34(22)50)40(4,5)20-31(48)43(6)12-13-44(14-16-56-18-17-55-15-11-32(49)58-45-29(46)9-10-30(45)47)39(54)57-25-7-8-26-28(19-25)60-37(41-26)36-42-27(21-59-36)38(52)53/h19,27H,7-18,20-21H2,1-6H3,(H,52,53)/t27-/m1/s1. The van der Waals surface area contributed by atoms with Gasteiger partial charge >= 0.3 is 18.0 Å². The van der Waals surface area contributed by atoms with Crippen LogP contribution in [0.5, 0.6) is 0 Å². The summed E-state index contributed by atoms with van der Waals surface area (Å²) in [4.78, 5) is 117. The van der Waals surface area contributed by atoms with E-state index in [4.69, 9.17) is 19.0 Å². The van der Waals surface area contributed by atoms with Crippen molar-refractivity contribution in [3.05, 3.63) is 43.6 Å². The molecule has 3 heterocycles. The van der Waals surface area contributed by atoms with Gasteiger partial charge in [-0.15, -0.1) is 28.2 Å². The van der Waals surface area contributed by atoms with Crippen LogP contribution in [0.25, 0.3) is 6.08 Å². The monoisotopic (exact) mass is 871 g/mol. The first-order valence-electron chi connectivity index (χ1n) is 19.4. The Kier molecular flexibility index (Phi) is 15.3. The minimum absolute atomic E-state index is 0.00682. The molecule has 60 heavy (non-hydrogen) atoms. The summed E-state index contributed by atoms with van der Waals surface area (Å²) in [6.45, 7) is 8.84. The van der Waals surface area contributed by atoms with Gasteiger partial charge in [0.25, 0.3) is 11.8 Å². The molecule has 0 saturated carbocycles. The molecule has 0 unspecified atom stereocenters. The number of aliphatic carboxylic acids is 1. The molecule has 2 aliphatic heterocycles. The number of ether oxygens (including phenoxy) is 3. The molecule has 0 radical (unpaired) electrons. The second-order valence-electron chi connectivity index (χ2n) is 15.2. The van der Waals surface area contributed by atoms with Crippen molar-refractivity contribution >= 4 is 81.5 Å². The van der Waals surface area contributed by atoms with E-state index in [1.165, 1.54) is 32.9 Å². The number of hydrogen-bond acceptors (Lipinski definition) is 16. The third kappa shape index (κ3) is 11.2. The van der Waals surface area contributed by atoms with Crippen molar-refractivity contribution in [3.8, 4) is 0 Å². The summed E-state index contributed by atoms with van der Waals surface area (Å²) in [5.41, 5.74) is 1.25. The SMILES string of the molecule is CC1=C(C)C(=O)C(C(C)(C)CC(=O)N(C)CCN(CCOCCOCCC(=O)ON2C(=O)CCC2=O)C(=O)OC2=Cc3sc(C4=N[C@@H](C(=O)O)CS4)nc3CC2)=C(C)C1=O. The Bertz CT molecular complexity index is 2070. The fourth-order valence-corrected chi connectivity index (χ4v) is 8.90. The van der Waals surface area contributed by atoms with Crippen LogP contribution in [0.2, 0.25) is 0 Å². The Morgan fingerprint density at radius 1 is 0.883 bits per heavy atom. The summed E-state index contributed by atoms with van der Waals surface area (Å²) < 4.78 is 17.0. The number of aliphatic imine (C=N–C) groups is 1. The van der Waals surface area contributed by atoms with Crippen LogP contribution < -0.4 is 0 Å². The molecule has 324 valence electrons. The van der Waals surface area contributed by atoms with Crippen LogP contribution in [0.4, 0.5) is 4.79 Å². The molecule has 2 aliphatic carbocycles. The number of nitrogens with zero attached hydrogens (tertiary/aromatic N) is 5. The van der Waals surface area contributed by atoms with Gasteiger partial charge in [0.1, 0.15) is 15.8 Å². The van der Waals surface area contributed by atoms with Gasteiger partial charge in [-0.2, -0.15) is 0 Å². The lowest BCUT2D eigenvalue weighted by Crippen LogP contribution is -2.42. The second kappa shape index (κ2) is 20.0. The maximum Gasteiger partial charge on any atom is 0.415 e. The molecule has 0 spiro atoms. The van der Waals surface area contributed by atoms with Gasteiger partial charge in [-0.05, 0) is 33.3 Å². The number of aryl methyl sites for hydroxylation is 1. The van der Waals surface area contributed by atoms with Gasteiger partial charge in [0.05, 0.1) is 43.4 Å². The molecular formula is C40H49N5O13S2. The van der Waals surface area contributed by atoms with Gasteiger partial charge in [0.2, 0.25) is 5.91 Å². The topological polar surface area (TPSA) is 229 Å². The third-order valence-corrected chi connectivity index (χ3v) is 12.6. The van der Waals surface area contributed by atoms with Gasteiger partial charge in [-0.3, -0.25) is 29.0 Å². The van der Waals surface area contributed by atoms with Crippen molar-refractivity contribution in [2.75, 3.05) is 58.9 Å². The van der Waals surface area contributed by atoms with Crippen LogP contribution >= 0.6 is 23.1 Å². The number of carboxylic acid groups (broad SMARTS) is 1. The Morgan fingerprint density at radius 2 is 1.55 bits per heavy atom. The highest BCUT2D eigenvalue weighted by Crippen LogP contribution is 2.39. The number of fused-ring (bicyclic) bond motifs is 1. The van der Waals surface area contributed by atoms with E-state index < -0.39 is 41.3 Å². The van der Waals surface area contributed by atoms with Crippen molar-refractivity contribution in [1.29, 1.82) is 0 Å². The molecule has 0 bridgehead atoms. The average Bonchev–Trinajstić information content (AvgIpc) is 3.94. The number of carbonyl (C=O) groups excluding carboxylic acids is 7. The number of ketones is 2. The first-order chi connectivity index (χ1) is 28.4. The largest absolute Gasteiger partial charge is 0.480 e. The summed E-state index contributed by atoms with van der Waals surface area (Å²) >= 11 is 2.67. The van der Waals surface area contributed by atoms with Crippen molar-refractivity contribution in [2.45, 2.75) is 79.2 Å². The van der Waals surface area contributed by atoms with Gasteiger partial charge in [0.15, 0.2) is 17.6 Å². The molecule has 4 amide bonds. The number of amides is 4. The molecule has 1 saturated heterocycles. The van der Waals surface area contributed by atoms with Crippen molar-refractivity contribution < 1.29 is 62.5 Å². The van der Waals surface area contributed by atoms with Crippen LogP contribution in [0.1, 0.15) is 82.3 Å². The third-order valence-electron chi connectivity index (χ3n) is 10.3. The van der Waals surface area contributed by atoms with E-state index in [1.807, 2.05) is 0 Å². The van der Waals surface area contributed by atoms with Crippen LogP contribution in [0, 0.1) is 5.41 Å². The number of thioether (sulfide) groups is 1. The highest BCUT2D eigenvalue weighted by atomic mass is 32.2. The summed E-state index contributed by atoms with van der Waals surface area (Å²) in [6, 6.07) is -0.820. The quantitative estimate of drug-likeness (QED) is 0.119. The first-order valence-corrected chi connectivity index (χ1v) is 21.2. The lowest BCUT2D eigenvalue weighted by Gasteiger charge is -2.33. The van der Waals surface area contributed by atoms with Crippen LogP contribution in [-0.2, 0) is 59.0 Å². The second-order valence-corrected chi connectivity index (χ2v) is 17.2. The molecule has 4 aliphatic rings. The normalized spacial score (nSPS) is 18.2. The summed E-state index contributed by atoms with van der Waals surface area (Å²) in [5, 5.41) is 11.0. The van der Waals surface area contributed by atoms with Crippen LogP contribution in [0.15, 0.2) is 33.0 Å². The lowest BCUT2D eigenvalue weighted by atomic mass is 9.71. The molecule has 1 atom stereocenters. The lowest BCUT2D eigenvalue weighted by molar-refractivity contribution is -0.198. The number of imide groups is 1. The smallest absolute Gasteiger partial charge is 0.415 e. The predicted octanol–water partition coefficient (Wildman–Crippen LogP) is 3.53. The van der Waals surface area contributed by atoms with E-state index in [1.54, 1.807) is 47.7 Å². The van der Waals surface area contributed by atoms with Gasteiger partial charge < -0.3 is 34.0 Å². The summed E-state index contributed by atoms with van der Waals surface area (Å²) in [6.07, 6.45) is 1.67. The summed E-state index contributed by atoms with van der Waals surface area (Å²) in [5.74, 6) is -2.95. The number of likely N-dealkylation sites (N-methyl/N-ethyl adjacent to an activating group) is 1. The molecule has 1 fully saturated rings. The molecule has 1 aromatic rings. The number of allylic oxidation sites excluding steroid dienone is 5. The molecule has 20 heteroatoms. The van der Waals surface area contributed by atoms with Crippen molar-refractivity contribution in [3.63, 3.8) is 0 Å². The van der Waals surface area contributed by atoms with E-state index in [0.717, 1.165) is 10.6 Å². The minimum Gasteiger partial charge on any atom is -0.480 e. The van der Waals surface area contributed by atoms with E-state index in [2.05, 4.69) is 9.98 Å². The van der Waals surface area contributed by atoms with E-state index in [-0.39, 0.29) is 89.2 Å². The van der Waals surface area contributed by atoms with Gasteiger partial charge in [-0.1, -0.05) is 13.8 Å². The number of carbonyl (C=O) groups is 8. The minimum atomic E-state index is -0.993. The van der Waals surface area contributed by atoms with Crippen LogP contribution in [0.3, 0.4) is 0 Å². The van der Waals surface area contributed by atoms with E-state index >= 15 is 0 Å². The van der Waals surface area contributed by atoms with Crippen molar-refractivity contribution in [2.24, 2.45) is 10.4 Å². The number of thiazole rings is 1. The fourth-order valence-electron chi connectivity index (χ4n) is 6.74. The maximum absolute atomic E-state index is 13.7. The van der Waals surface area contributed by atoms with Crippen LogP contribution in [-0.4, -0.2) is 142 Å². The molecular weight excluding hydrogens is 823 g/mol. The number of carboxylic acids is 1. The van der Waals surface area contributed by atoms with Crippen molar-refractivity contribution in [1.82, 2.24) is 19.8 Å². The zero-order chi connectivity index (χ0) is 43.9. The number of aromatic nitrogens is 1. The Morgan fingerprint density at radius 3 is 2.22 bits per heavy atom. The fraction of sp³-hybridized carbons (Fsp3) is 0.550. The van der Waals surface area contributed by atoms with E-state index in [9.17, 15) is 43.5 Å². The highest BCUT2D eigenvalue weighted by Gasteiger charge is 2.39. The maximum atomic E-state index is 13.7. The Hall–Kier alpha value is -5.05. The van der Waals surface area contributed by atoms with Gasteiger partial charge in [-0.25, -0.2) is 19.4 Å². The molecule has 1 aromatic heterocycles. The van der Waals surface area contributed by atoms with Gasteiger partial charge in [0, 0.05) is 85.8 Å². The first kappa shape index (κ1) is 46.0. The highest BCUT2D eigenvalue weighted by molar-refractivity contribution is 8.15. The molecule has 18 nitrogen and oxygen atoms in total. The average molecular weight is 872 g/mol. The number of rotatable bonds is 19. The number of Topliss-reactive ketones (excluding diaryl/α,β-unsaturated/α-hetero) is 2. The zero-order valence-corrected chi connectivity index (χ0v) is 36.1. The number of hydrogen-bond donors (Lipinski definition) is 1. The number of hydroxylamine groups is 2. The zero-order valence-electron chi connectivity index (χ0n) is 34.5. The van der Waals surface area contributed by atoms with E-state index in [0.29, 0.717) is 61.8 Å². The predicted molar refractivity (Wildman–Crippen MR) is 217 cm³/mol. The molecule has 1 N–H and O–H groups in total. The molecule has 0 aromatic carbocycles. The Labute approximate surface area is 354 Å². The Balaban J connectivity index is 1.17. The summed E-state index contributed by atoms with van der Waals surface area (Å²) in [7, 11) is 1.59. The molecule has 5 rings (SSSR count).